The number of aryl methyl sites for hydroxylation is 1. The molecule has 26 heavy (non-hydrogen) atoms. The van der Waals surface area contributed by atoms with E-state index in [1.165, 1.54) is 6.07 Å². The Kier molecular flexibility index (Phi) is 4.61. The molecule has 4 N–H and O–H groups in total. The minimum Gasteiger partial charge on any atom is -0.373 e. The van der Waals surface area contributed by atoms with Gasteiger partial charge in [-0.2, -0.15) is 0 Å². The van der Waals surface area contributed by atoms with Gasteiger partial charge in [-0.15, -0.1) is 0 Å². The van der Waals surface area contributed by atoms with Gasteiger partial charge in [-0.25, -0.2) is 4.39 Å². The summed E-state index contributed by atoms with van der Waals surface area (Å²) in [5.41, 5.74) is 4.21. The second kappa shape index (κ2) is 7.05. The zero-order valence-corrected chi connectivity index (χ0v) is 14.7. The van der Waals surface area contributed by atoms with Crippen molar-refractivity contribution in [2.75, 3.05) is 23.7 Å². The standard InChI is InChI=1S/C20H23FN4O/c1-12-5-6-16(21)15-11-17(25-19(12)15)20(26)24-14-4-2-3-13(9-14)10-18-22-7-8-23-18/h2-6,9,17-18,22-23,25H,7-8,10-11H2,1H3,(H,24,26). The molecule has 1 saturated heterocycles. The second-order valence-corrected chi connectivity index (χ2v) is 6.97. The number of halogens is 1. The fourth-order valence-electron chi connectivity index (χ4n) is 3.68. The molecule has 1 atom stereocenters. The molecule has 6 heteroatoms. The van der Waals surface area contributed by atoms with E-state index in [0.29, 0.717) is 12.0 Å². The Morgan fingerprint density at radius 1 is 1.23 bits per heavy atom. The maximum absolute atomic E-state index is 14.0. The summed E-state index contributed by atoms with van der Waals surface area (Å²) in [5, 5.41) is 12.9. The Morgan fingerprint density at radius 3 is 2.81 bits per heavy atom. The molecule has 0 aromatic heterocycles. The molecule has 4 rings (SSSR count). The average Bonchev–Trinajstić information content (AvgIpc) is 3.29. The number of carbonyl (C=O) groups excluding carboxylic acids is 1. The van der Waals surface area contributed by atoms with Crippen molar-refractivity contribution in [2.45, 2.75) is 32.0 Å². The van der Waals surface area contributed by atoms with Crippen molar-refractivity contribution >= 4 is 17.3 Å². The highest BCUT2D eigenvalue weighted by atomic mass is 19.1. The number of amides is 1. The summed E-state index contributed by atoms with van der Waals surface area (Å²) in [6.07, 6.45) is 1.50. The number of fused-ring (bicyclic) bond motifs is 1. The first-order chi connectivity index (χ1) is 12.6. The Hall–Kier alpha value is -2.44. The Labute approximate surface area is 152 Å². The van der Waals surface area contributed by atoms with Crippen LogP contribution in [0.4, 0.5) is 15.8 Å². The zero-order chi connectivity index (χ0) is 18.1. The largest absolute Gasteiger partial charge is 0.373 e. The summed E-state index contributed by atoms with van der Waals surface area (Å²) in [6.45, 7) is 3.87. The van der Waals surface area contributed by atoms with E-state index in [-0.39, 0.29) is 17.9 Å². The SMILES string of the molecule is Cc1ccc(F)c2c1NC(C(=O)Nc1cccc(CC3NCCN3)c1)C2. The van der Waals surface area contributed by atoms with Crippen molar-refractivity contribution in [1.29, 1.82) is 0 Å². The van der Waals surface area contributed by atoms with Crippen LogP contribution in [-0.2, 0) is 17.6 Å². The van der Waals surface area contributed by atoms with E-state index < -0.39 is 6.04 Å². The zero-order valence-electron chi connectivity index (χ0n) is 14.7. The third kappa shape index (κ3) is 3.43. The Balaban J connectivity index is 1.42. The van der Waals surface area contributed by atoms with Gasteiger partial charge in [0.2, 0.25) is 5.91 Å². The minimum atomic E-state index is -0.456. The van der Waals surface area contributed by atoms with Crippen LogP contribution in [0.1, 0.15) is 16.7 Å². The Morgan fingerprint density at radius 2 is 2.04 bits per heavy atom. The van der Waals surface area contributed by atoms with Crippen molar-refractivity contribution < 1.29 is 9.18 Å². The molecule has 2 aromatic rings. The number of anilines is 2. The number of hydrogen-bond acceptors (Lipinski definition) is 4. The maximum Gasteiger partial charge on any atom is 0.247 e. The molecule has 0 radical (unpaired) electrons. The predicted octanol–water partition coefficient (Wildman–Crippen LogP) is 2.17. The van der Waals surface area contributed by atoms with E-state index in [9.17, 15) is 9.18 Å². The number of benzene rings is 2. The second-order valence-electron chi connectivity index (χ2n) is 6.97. The molecule has 1 fully saturated rings. The van der Waals surface area contributed by atoms with Crippen LogP contribution in [0.3, 0.4) is 0 Å². The third-order valence-corrected chi connectivity index (χ3v) is 5.05. The minimum absolute atomic E-state index is 0.144. The van der Waals surface area contributed by atoms with Crippen molar-refractivity contribution in [1.82, 2.24) is 10.6 Å². The number of carbonyl (C=O) groups is 1. The van der Waals surface area contributed by atoms with Gasteiger partial charge in [0.25, 0.3) is 0 Å². The predicted molar refractivity (Wildman–Crippen MR) is 101 cm³/mol. The van der Waals surface area contributed by atoms with Gasteiger partial charge < -0.3 is 21.3 Å². The van der Waals surface area contributed by atoms with E-state index in [1.54, 1.807) is 6.07 Å². The lowest BCUT2D eigenvalue weighted by atomic mass is 10.1. The van der Waals surface area contributed by atoms with E-state index in [1.807, 2.05) is 25.1 Å². The van der Waals surface area contributed by atoms with E-state index in [2.05, 4.69) is 27.3 Å². The first kappa shape index (κ1) is 17.0. The highest BCUT2D eigenvalue weighted by Crippen LogP contribution is 2.31. The third-order valence-electron chi connectivity index (χ3n) is 5.05. The summed E-state index contributed by atoms with van der Waals surface area (Å²) >= 11 is 0. The smallest absolute Gasteiger partial charge is 0.247 e. The lowest BCUT2D eigenvalue weighted by Gasteiger charge is -2.14. The summed E-state index contributed by atoms with van der Waals surface area (Å²) in [7, 11) is 0. The highest BCUT2D eigenvalue weighted by Gasteiger charge is 2.30. The molecule has 2 aliphatic rings. The molecule has 0 bridgehead atoms. The van der Waals surface area contributed by atoms with Crippen molar-refractivity contribution in [2.24, 2.45) is 0 Å². The molecule has 1 amide bonds. The van der Waals surface area contributed by atoms with Gasteiger partial charge in [-0.1, -0.05) is 18.2 Å². The lowest BCUT2D eigenvalue weighted by molar-refractivity contribution is -0.116. The van der Waals surface area contributed by atoms with Gasteiger partial charge >= 0.3 is 0 Å². The van der Waals surface area contributed by atoms with Crippen molar-refractivity contribution in [3.05, 3.63) is 58.9 Å². The average molecular weight is 354 g/mol. The van der Waals surface area contributed by atoms with Crippen LogP contribution in [0.2, 0.25) is 0 Å². The molecular formula is C20H23FN4O. The molecule has 2 aliphatic heterocycles. The van der Waals surface area contributed by atoms with Crippen LogP contribution in [0, 0.1) is 12.7 Å². The van der Waals surface area contributed by atoms with Gasteiger partial charge in [0.05, 0.1) is 6.17 Å². The molecule has 5 nitrogen and oxygen atoms in total. The first-order valence-corrected chi connectivity index (χ1v) is 9.01. The summed E-state index contributed by atoms with van der Waals surface area (Å²) in [5.74, 6) is -0.402. The lowest BCUT2D eigenvalue weighted by Crippen LogP contribution is -2.33. The van der Waals surface area contributed by atoms with Crippen LogP contribution < -0.4 is 21.3 Å². The van der Waals surface area contributed by atoms with Crippen molar-refractivity contribution in [3.8, 4) is 0 Å². The van der Waals surface area contributed by atoms with Crippen LogP contribution in [0.25, 0.3) is 0 Å². The topological polar surface area (TPSA) is 65.2 Å². The van der Waals surface area contributed by atoms with E-state index in [4.69, 9.17) is 0 Å². The fraction of sp³-hybridized carbons (Fsp3) is 0.350. The highest BCUT2D eigenvalue weighted by molar-refractivity contribution is 5.98. The first-order valence-electron chi connectivity index (χ1n) is 9.01. The summed E-state index contributed by atoms with van der Waals surface area (Å²) < 4.78 is 14.0. The van der Waals surface area contributed by atoms with Crippen LogP contribution in [-0.4, -0.2) is 31.2 Å². The van der Waals surface area contributed by atoms with Crippen LogP contribution in [0.15, 0.2) is 36.4 Å². The summed E-state index contributed by atoms with van der Waals surface area (Å²) in [6, 6.07) is 10.6. The van der Waals surface area contributed by atoms with Crippen LogP contribution in [0.5, 0.6) is 0 Å². The molecule has 0 saturated carbocycles. The summed E-state index contributed by atoms with van der Waals surface area (Å²) in [4.78, 5) is 12.6. The monoisotopic (exact) mass is 354 g/mol. The Bertz CT molecular complexity index is 802. The fourth-order valence-corrected chi connectivity index (χ4v) is 3.68. The molecule has 2 heterocycles. The quantitative estimate of drug-likeness (QED) is 0.680. The molecule has 136 valence electrons. The van der Waals surface area contributed by atoms with Gasteiger partial charge in [0.15, 0.2) is 0 Å². The number of nitrogens with one attached hydrogen (secondary N) is 4. The van der Waals surface area contributed by atoms with Gasteiger partial charge in [-0.05, 0) is 36.2 Å². The van der Waals surface area contributed by atoms with Crippen LogP contribution >= 0.6 is 0 Å². The molecule has 2 aromatic carbocycles. The molecule has 1 unspecified atom stereocenters. The number of rotatable bonds is 4. The van der Waals surface area contributed by atoms with E-state index >= 15 is 0 Å². The molecular weight excluding hydrogens is 331 g/mol. The van der Waals surface area contributed by atoms with E-state index in [0.717, 1.165) is 42.0 Å². The normalized spacial score (nSPS) is 19.2. The molecule has 0 spiro atoms. The van der Waals surface area contributed by atoms with Crippen molar-refractivity contribution in [3.63, 3.8) is 0 Å². The number of hydrogen-bond donors (Lipinski definition) is 4. The molecule has 0 aliphatic carbocycles. The van der Waals surface area contributed by atoms with Gasteiger partial charge in [0.1, 0.15) is 11.9 Å². The van der Waals surface area contributed by atoms with Gasteiger partial charge in [0, 0.05) is 42.9 Å². The maximum atomic E-state index is 14.0. The van der Waals surface area contributed by atoms with Gasteiger partial charge in [-0.3, -0.25) is 4.79 Å².